The molecule has 0 aliphatic rings. The molecule has 3 heteroatoms. The maximum atomic E-state index is 5.30. The van der Waals surface area contributed by atoms with E-state index in [-0.39, 0.29) is 0 Å². The van der Waals surface area contributed by atoms with Gasteiger partial charge in [0.1, 0.15) is 0 Å². The van der Waals surface area contributed by atoms with Crippen LogP contribution in [0.3, 0.4) is 0 Å². The minimum atomic E-state index is 0.753. The molecule has 2 rings (SSSR count). The van der Waals surface area contributed by atoms with E-state index >= 15 is 0 Å². The minimum Gasteiger partial charge on any atom is -0.493 e. The van der Waals surface area contributed by atoms with Gasteiger partial charge < -0.3 is 9.47 Å². The summed E-state index contributed by atoms with van der Waals surface area (Å²) in [5.41, 5.74) is 3.58. The lowest BCUT2D eigenvalue weighted by Gasteiger charge is -2.08. The predicted molar refractivity (Wildman–Crippen MR) is 86.9 cm³/mol. The Morgan fingerprint density at radius 3 is 2.52 bits per heavy atom. The van der Waals surface area contributed by atoms with Crippen LogP contribution in [0.25, 0.3) is 0 Å². The quantitative estimate of drug-likeness (QED) is 0.757. The monoisotopic (exact) mass is 283 g/mol. The molecule has 0 spiro atoms. The maximum Gasteiger partial charge on any atom is 0.160 e. The Balaban J connectivity index is 1.94. The van der Waals surface area contributed by atoms with Crippen LogP contribution in [0.15, 0.2) is 47.5 Å². The Labute approximate surface area is 126 Å². The second-order valence-corrected chi connectivity index (χ2v) is 4.89. The van der Waals surface area contributed by atoms with Gasteiger partial charge in [-0.3, -0.25) is 4.99 Å². The molecule has 2 aromatic carbocycles. The summed E-state index contributed by atoms with van der Waals surface area (Å²) in [5.74, 6) is 1.52. The Morgan fingerprint density at radius 2 is 1.81 bits per heavy atom. The van der Waals surface area contributed by atoms with Crippen LogP contribution in [0.1, 0.15) is 16.7 Å². The van der Waals surface area contributed by atoms with Gasteiger partial charge in [-0.2, -0.15) is 0 Å². The average molecular weight is 283 g/mol. The van der Waals surface area contributed by atoms with E-state index in [0.717, 1.165) is 30.0 Å². The summed E-state index contributed by atoms with van der Waals surface area (Å²) in [4.78, 5) is 4.48. The van der Waals surface area contributed by atoms with Crippen molar-refractivity contribution in [1.29, 1.82) is 0 Å². The van der Waals surface area contributed by atoms with E-state index in [1.165, 1.54) is 11.1 Å². The molecule has 0 fully saturated rings. The zero-order chi connectivity index (χ0) is 15.1. The predicted octanol–water partition coefficient (Wildman–Crippen LogP) is 3.67. The van der Waals surface area contributed by atoms with Crippen LogP contribution in [0.2, 0.25) is 0 Å². The summed E-state index contributed by atoms with van der Waals surface area (Å²) in [7, 11) is 3.29. The summed E-state index contributed by atoms with van der Waals surface area (Å²) in [6.07, 6.45) is 2.80. The lowest BCUT2D eigenvalue weighted by atomic mass is 10.1. The van der Waals surface area contributed by atoms with Gasteiger partial charge in [0.05, 0.1) is 14.2 Å². The first kappa shape index (κ1) is 15.1. The Morgan fingerprint density at radius 1 is 1.00 bits per heavy atom. The van der Waals surface area contributed by atoms with Crippen molar-refractivity contribution >= 4 is 6.21 Å². The van der Waals surface area contributed by atoms with E-state index < -0.39 is 0 Å². The van der Waals surface area contributed by atoms with Crippen molar-refractivity contribution in [2.24, 2.45) is 4.99 Å². The molecule has 0 heterocycles. The smallest absolute Gasteiger partial charge is 0.160 e. The fourth-order valence-corrected chi connectivity index (χ4v) is 2.15. The lowest BCUT2D eigenvalue weighted by Crippen LogP contribution is -1.95. The molecule has 0 amide bonds. The molecule has 0 unspecified atom stereocenters. The van der Waals surface area contributed by atoms with Crippen LogP contribution < -0.4 is 9.47 Å². The Kier molecular flexibility index (Phi) is 5.38. The first-order chi connectivity index (χ1) is 10.2. The highest BCUT2D eigenvalue weighted by Gasteiger charge is 2.03. The summed E-state index contributed by atoms with van der Waals surface area (Å²) in [5, 5.41) is 0. The molecule has 0 atom stereocenters. The van der Waals surface area contributed by atoms with Crippen LogP contribution >= 0.6 is 0 Å². The van der Waals surface area contributed by atoms with Gasteiger partial charge in [-0.25, -0.2) is 0 Å². The number of hydrogen-bond acceptors (Lipinski definition) is 3. The van der Waals surface area contributed by atoms with Crippen LogP contribution in [0.5, 0.6) is 11.5 Å². The highest BCUT2D eigenvalue weighted by Crippen LogP contribution is 2.27. The first-order valence-corrected chi connectivity index (χ1v) is 7.00. The molecular formula is C18H21NO2. The standard InChI is InChI=1S/C18H21NO2/c1-14-5-4-6-16(11-14)13-19-10-9-15-7-8-17(20-2)18(12-15)21-3/h4-8,11-13H,9-10H2,1-3H3. The van der Waals surface area contributed by atoms with E-state index in [0.29, 0.717) is 0 Å². The fraction of sp³-hybridized carbons (Fsp3) is 0.278. The molecule has 3 nitrogen and oxygen atoms in total. The third kappa shape index (κ3) is 4.35. The van der Waals surface area contributed by atoms with Gasteiger partial charge in [0.25, 0.3) is 0 Å². The molecule has 0 aromatic heterocycles. The summed E-state index contributed by atoms with van der Waals surface area (Å²) >= 11 is 0. The fourth-order valence-electron chi connectivity index (χ4n) is 2.15. The second-order valence-electron chi connectivity index (χ2n) is 4.89. The molecule has 0 aliphatic carbocycles. The third-order valence-electron chi connectivity index (χ3n) is 3.26. The van der Waals surface area contributed by atoms with E-state index in [1.54, 1.807) is 14.2 Å². The normalized spacial score (nSPS) is 10.8. The number of benzene rings is 2. The van der Waals surface area contributed by atoms with E-state index in [1.807, 2.05) is 30.5 Å². The molecule has 0 radical (unpaired) electrons. The Bertz CT molecular complexity index is 620. The topological polar surface area (TPSA) is 30.8 Å². The van der Waals surface area contributed by atoms with E-state index in [4.69, 9.17) is 9.47 Å². The van der Waals surface area contributed by atoms with Gasteiger partial charge in [-0.1, -0.05) is 35.9 Å². The molecule has 2 aromatic rings. The van der Waals surface area contributed by atoms with Crippen LogP contribution in [0, 0.1) is 6.92 Å². The molecule has 0 saturated carbocycles. The maximum absolute atomic E-state index is 5.30. The lowest BCUT2D eigenvalue weighted by molar-refractivity contribution is 0.354. The molecule has 0 bridgehead atoms. The Hall–Kier alpha value is -2.29. The number of nitrogens with zero attached hydrogens (tertiary/aromatic N) is 1. The number of aliphatic imine (C=N–C) groups is 1. The summed E-state index contributed by atoms with van der Waals surface area (Å²) < 4.78 is 10.5. The van der Waals surface area contributed by atoms with Gasteiger partial charge in [0.2, 0.25) is 0 Å². The molecule has 110 valence electrons. The number of ether oxygens (including phenoxy) is 2. The minimum absolute atomic E-state index is 0.753. The van der Waals surface area contributed by atoms with Gasteiger partial charge in [0.15, 0.2) is 11.5 Å². The number of methoxy groups -OCH3 is 2. The zero-order valence-corrected chi connectivity index (χ0v) is 12.8. The van der Waals surface area contributed by atoms with Crippen molar-refractivity contribution in [1.82, 2.24) is 0 Å². The van der Waals surface area contributed by atoms with Gasteiger partial charge in [-0.15, -0.1) is 0 Å². The average Bonchev–Trinajstić information content (AvgIpc) is 2.51. The van der Waals surface area contributed by atoms with Crippen molar-refractivity contribution in [3.63, 3.8) is 0 Å². The van der Waals surface area contributed by atoms with Crippen LogP contribution in [-0.4, -0.2) is 27.0 Å². The highest BCUT2D eigenvalue weighted by atomic mass is 16.5. The SMILES string of the molecule is COc1ccc(CCN=Cc2cccc(C)c2)cc1OC. The third-order valence-corrected chi connectivity index (χ3v) is 3.26. The van der Waals surface area contributed by atoms with Crippen molar-refractivity contribution < 1.29 is 9.47 Å². The molecule has 21 heavy (non-hydrogen) atoms. The molecule has 0 saturated heterocycles. The number of aryl methyl sites for hydroxylation is 1. The van der Waals surface area contributed by atoms with E-state index in [9.17, 15) is 0 Å². The number of hydrogen-bond donors (Lipinski definition) is 0. The molecule has 0 N–H and O–H groups in total. The first-order valence-electron chi connectivity index (χ1n) is 7.00. The highest BCUT2D eigenvalue weighted by molar-refractivity contribution is 5.79. The van der Waals surface area contributed by atoms with Crippen LogP contribution in [0.4, 0.5) is 0 Å². The van der Waals surface area contributed by atoms with Gasteiger partial charge in [-0.05, 0) is 36.6 Å². The van der Waals surface area contributed by atoms with E-state index in [2.05, 4.69) is 30.1 Å². The van der Waals surface area contributed by atoms with Crippen molar-refractivity contribution in [2.45, 2.75) is 13.3 Å². The van der Waals surface area contributed by atoms with Gasteiger partial charge in [0, 0.05) is 12.8 Å². The number of rotatable bonds is 6. The van der Waals surface area contributed by atoms with Crippen LogP contribution in [-0.2, 0) is 6.42 Å². The summed E-state index contributed by atoms with van der Waals surface area (Å²) in [6, 6.07) is 14.3. The second kappa shape index (κ2) is 7.48. The van der Waals surface area contributed by atoms with Crippen molar-refractivity contribution in [2.75, 3.05) is 20.8 Å². The van der Waals surface area contributed by atoms with Crippen molar-refractivity contribution in [3.05, 3.63) is 59.2 Å². The summed E-state index contributed by atoms with van der Waals surface area (Å²) in [6.45, 7) is 2.84. The molecular weight excluding hydrogens is 262 g/mol. The molecule has 0 aliphatic heterocycles. The van der Waals surface area contributed by atoms with Crippen molar-refractivity contribution in [3.8, 4) is 11.5 Å². The zero-order valence-electron chi connectivity index (χ0n) is 12.8. The van der Waals surface area contributed by atoms with Gasteiger partial charge >= 0.3 is 0 Å². The largest absolute Gasteiger partial charge is 0.493 e.